The lowest BCUT2D eigenvalue weighted by Gasteiger charge is -2.35. The van der Waals surface area contributed by atoms with E-state index in [1.807, 2.05) is 24.3 Å². The summed E-state index contributed by atoms with van der Waals surface area (Å²) in [5, 5.41) is 28.5. The van der Waals surface area contributed by atoms with E-state index in [1.165, 1.54) is 0 Å². The lowest BCUT2D eigenvalue weighted by molar-refractivity contribution is -0.135. The zero-order chi connectivity index (χ0) is 22.8. The lowest BCUT2D eigenvalue weighted by Crippen LogP contribution is -2.58. The van der Waals surface area contributed by atoms with Gasteiger partial charge in [0.25, 0.3) is 5.91 Å². The van der Waals surface area contributed by atoms with Gasteiger partial charge in [-0.15, -0.1) is 0 Å². The number of benzene rings is 1. The lowest BCUT2D eigenvalue weighted by atomic mass is 9.92. The van der Waals surface area contributed by atoms with Crippen molar-refractivity contribution in [2.75, 3.05) is 6.54 Å². The molecule has 0 radical (unpaired) electrons. The minimum atomic E-state index is -1.54. The van der Waals surface area contributed by atoms with Crippen LogP contribution in [0.4, 0.5) is 4.79 Å². The number of carboxylic acid groups (broad SMARTS) is 1. The van der Waals surface area contributed by atoms with Crippen molar-refractivity contribution in [3.63, 3.8) is 0 Å². The van der Waals surface area contributed by atoms with Crippen molar-refractivity contribution in [2.45, 2.75) is 62.9 Å². The normalized spacial score (nSPS) is 24.2. The standard InChI is InChI=1S/C22H28N4O6/c27-18(21(30)24-15-5-6-15)16(9-13-7-8-23-19(13)28)25-20(29)17-10-12-3-1-2-4-14(12)11-26(17)22(31)32/h1-4,13,15-18,27H,5-11H2,(H,23,28)(H,24,30)(H,25,29)(H,31,32)/t13-,16?,17-,18?/m0/s1. The molecule has 3 aliphatic rings. The molecule has 2 aliphatic heterocycles. The van der Waals surface area contributed by atoms with Crippen LogP contribution in [-0.4, -0.2) is 69.7 Å². The van der Waals surface area contributed by atoms with Crippen molar-refractivity contribution in [2.24, 2.45) is 5.92 Å². The molecule has 2 heterocycles. The van der Waals surface area contributed by atoms with Crippen molar-refractivity contribution in [3.05, 3.63) is 35.4 Å². The average molecular weight is 444 g/mol. The SMILES string of the molecule is O=C(NC1CC1)C(O)C(C[C@@H]1CCNC1=O)NC(=O)[C@@H]1Cc2ccccc2CN1C(=O)O. The maximum atomic E-state index is 13.2. The van der Waals surface area contributed by atoms with Crippen LogP contribution in [-0.2, 0) is 27.3 Å². The van der Waals surface area contributed by atoms with Gasteiger partial charge < -0.3 is 26.2 Å². The Hall–Kier alpha value is -3.14. The van der Waals surface area contributed by atoms with E-state index in [9.17, 15) is 29.4 Å². The molecule has 1 aliphatic carbocycles. The molecule has 10 heteroatoms. The molecule has 1 saturated heterocycles. The maximum Gasteiger partial charge on any atom is 0.408 e. The van der Waals surface area contributed by atoms with Crippen molar-refractivity contribution in [1.29, 1.82) is 0 Å². The number of nitrogens with one attached hydrogen (secondary N) is 3. The number of aliphatic hydroxyl groups is 1. The number of fused-ring (bicyclic) bond motifs is 1. The third-order valence-corrected chi connectivity index (χ3v) is 6.40. The quantitative estimate of drug-likeness (QED) is 0.391. The fourth-order valence-electron chi connectivity index (χ4n) is 4.38. The summed E-state index contributed by atoms with van der Waals surface area (Å²) in [7, 11) is 0. The van der Waals surface area contributed by atoms with Gasteiger partial charge in [-0.3, -0.25) is 19.3 Å². The Morgan fingerprint density at radius 2 is 1.88 bits per heavy atom. The van der Waals surface area contributed by atoms with Crippen LogP contribution in [0.1, 0.15) is 36.8 Å². The van der Waals surface area contributed by atoms with Gasteiger partial charge in [-0.2, -0.15) is 0 Å². The minimum Gasteiger partial charge on any atom is -0.465 e. The first-order chi connectivity index (χ1) is 15.3. The molecule has 4 rings (SSSR count). The Balaban J connectivity index is 1.51. The summed E-state index contributed by atoms with van der Waals surface area (Å²) >= 11 is 0. The number of rotatable bonds is 7. The maximum absolute atomic E-state index is 13.2. The summed E-state index contributed by atoms with van der Waals surface area (Å²) in [5.74, 6) is -1.81. The highest BCUT2D eigenvalue weighted by atomic mass is 16.4. The van der Waals surface area contributed by atoms with E-state index in [-0.39, 0.29) is 31.3 Å². The van der Waals surface area contributed by atoms with E-state index in [0.717, 1.165) is 28.9 Å². The van der Waals surface area contributed by atoms with E-state index < -0.39 is 42.0 Å². The molecule has 1 aromatic rings. The highest BCUT2D eigenvalue weighted by molar-refractivity contribution is 5.88. The average Bonchev–Trinajstić information content (AvgIpc) is 3.51. The van der Waals surface area contributed by atoms with Gasteiger partial charge in [-0.05, 0) is 36.8 Å². The van der Waals surface area contributed by atoms with E-state index in [1.54, 1.807) is 0 Å². The summed E-state index contributed by atoms with van der Waals surface area (Å²) in [6, 6.07) is 5.35. The summed E-state index contributed by atoms with van der Waals surface area (Å²) in [6.07, 6.45) is -0.256. The number of aliphatic hydroxyl groups excluding tert-OH is 1. The summed E-state index contributed by atoms with van der Waals surface area (Å²) < 4.78 is 0. The van der Waals surface area contributed by atoms with Crippen LogP contribution in [0.15, 0.2) is 24.3 Å². The van der Waals surface area contributed by atoms with Crippen molar-refractivity contribution in [1.82, 2.24) is 20.9 Å². The van der Waals surface area contributed by atoms with Crippen LogP contribution < -0.4 is 16.0 Å². The monoisotopic (exact) mass is 444 g/mol. The first kappa shape index (κ1) is 22.1. The highest BCUT2D eigenvalue weighted by Gasteiger charge is 2.40. The number of hydrogen-bond donors (Lipinski definition) is 5. The number of amides is 4. The van der Waals surface area contributed by atoms with E-state index >= 15 is 0 Å². The second kappa shape index (κ2) is 9.15. The molecule has 10 nitrogen and oxygen atoms in total. The van der Waals surface area contributed by atoms with Crippen molar-refractivity contribution in [3.8, 4) is 0 Å². The summed E-state index contributed by atoms with van der Waals surface area (Å²) in [4.78, 5) is 50.6. The van der Waals surface area contributed by atoms with Gasteiger partial charge in [-0.1, -0.05) is 24.3 Å². The van der Waals surface area contributed by atoms with Crippen molar-refractivity contribution < 1.29 is 29.4 Å². The predicted molar refractivity (Wildman–Crippen MR) is 112 cm³/mol. The zero-order valence-corrected chi connectivity index (χ0v) is 17.6. The second-order valence-corrected chi connectivity index (χ2v) is 8.75. The summed E-state index contributed by atoms with van der Waals surface area (Å²) in [5.41, 5.74) is 1.71. The third-order valence-electron chi connectivity index (χ3n) is 6.40. The Kier molecular flexibility index (Phi) is 6.31. The van der Waals surface area contributed by atoms with Gasteiger partial charge in [-0.25, -0.2) is 4.79 Å². The minimum absolute atomic E-state index is 0.0284. The fourth-order valence-corrected chi connectivity index (χ4v) is 4.38. The van der Waals surface area contributed by atoms with E-state index in [0.29, 0.717) is 13.0 Å². The first-order valence-corrected chi connectivity index (χ1v) is 11.0. The number of carbonyl (C=O) groups excluding carboxylic acids is 3. The van der Waals surface area contributed by atoms with Gasteiger partial charge in [0, 0.05) is 24.9 Å². The molecule has 0 aromatic heterocycles. The molecule has 1 saturated carbocycles. The van der Waals surface area contributed by atoms with Gasteiger partial charge in [0.05, 0.1) is 12.6 Å². The van der Waals surface area contributed by atoms with Crippen molar-refractivity contribution >= 4 is 23.8 Å². The molecule has 5 N–H and O–H groups in total. The van der Waals surface area contributed by atoms with E-state index in [4.69, 9.17) is 0 Å². The molecule has 0 spiro atoms. The Bertz CT molecular complexity index is 917. The van der Waals surface area contributed by atoms with E-state index in [2.05, 4.69) is 16.0 Å². The zero-order valence-electron chi connectivity index (χ0n) is 17.6. The molecule has 32 heavy (non-hydrogen) atoms. The Morgan fingerprint density at radius 3 is 2.50 bits per heavy atom. The molecular weight excluding hydrogens is 416 g/mol. The van der Waals surface area contributed by atoms with Crippen LogP contribution in [0.3, 0.4) is 0 Å². The number of hydrogen-bond acceptors (Lipinski definition) is 5. The number of carbonyl (C=O) groups is 4. The van der Waals surface area contributed by atoms with Crippen LogP contribution in [0.2, 0.25) is 0 Å². The molecule has 4 atom stereocenters. The molecular formula is C22H28N4O6. The second-order valence-electron chi connectivity index (χ2n) is 8.75. The topological polar surface area (TPSA) is 148 Å². The van der Waals surface area contributed by atoms with Gasteiger partial charge in [0.2, 0.25) is 11.8 Å². The van der Waals surface area contributed by atoms with Gasteiger partial charge in [0.15, 0.2) is 6.10 Å². The smallest absolute Gasteiger partial charge is 0.408 e. The molecule has 4 amide bonds. The molecule has 1 aromatic carbocycles. The van der Waals surface area contributed by atoms with Gasteiger partial charge in [0.1, 0.15) is 6.04 Å². The number of nitrogens with zero attached hydrogens (tertiary/aromatic N) is 1. The predicted octanol–water partition coefficient (Wildman–Crippen LogP) is -0.258. The molecule has 0 bridgehead atoms. The van der Waals surface area contributed by atoms with Crippen LogP contribution in [0.5, 0.6) is 0 Å². The van der Waals surface area contributed by atoms with Crippen LogP contribution in [0.25, 0.3) is 0 Å². The highest BCUT2D eigenvalue weighted by Crippen LogP contribution is 2.25. The Labute approximate surface area is 185 Å². The molecule has 2 fully saturated rings. The van der Waals surface area contributed by atoms with Crippen LogP contribution >= 0.6 is 0 Å². The first-order valence-electron chi connectivity index (χ1n) is 11.0. The third kappa shape index (κ3) is 4.85. The Morgan fingerprint density at radius 1 is 1.16 bits per heavy atom. The van der Waals surface area contributed by atoms with Crippen LogP contribution in [0, 0.1) is 5.92 Å². The molecule has 172 valence electrons. The molecule has 2 unspecified atom stereocenters. The van der Waals surface area contributed by atoms with Gasteiger partial charge >= 0.3 is 6.09 Å². The summed E-state index contributed by atoms with van der Waals surface area (Å²) in [6.45, 7) is 0.574. The fraction of sp³-hybridized carbons (Fsp3) is 0.545. The largest absolute Gasteiger partial charge is 0.465 e.